The summed E-state index contributed by atoms with van der Waals surface area (Å²) in [6.45, 7) is 2.75. The van der Waals surface area contributed by atoms with Crippen LogP contribution in [-0.4, -0.2) is 27.0 Å². The van der Waals surface area contributed by atoms with Crippen LogP contribution in [0.3, 0.4) is 0 Å². The lowest BCUT2D eigenvalue weighted by atomic mass is 9.97. The van der Waals surface area contributed by atoms with Crippen molar-refractivity contribution in [3.05, 3.63) is 24.3 Å². The number of sulfonamides is 1. The van der Waals surface area contributed by atoms with Gasteiger partial charge >= 0.3 is 0 Å². The minimum Gasteiger partial charge on any atom is -0.378 e. The Morgan fingerprint density at radius 2 is 1.80 bits per heavy atom. The Labute approximate surface area is 121 Å². The normalized spacial score (nSPS) is 18.1. The molecule has 0 spiro atoms. The van der Waals surface area contributed by atoms with Gasteiger partial charge in [-0.1, -0.05) is 19.8 Å². The molecule has 1 aliphatic carbocycles. The molecule has 1 fully saturated rings. The standard InChI is InChI=1S/C14H23N3O2S/c1-2-16-20(18,19)13-7-5-12(6-8-13)17-14(11-15)9-3-4-10-14/h5-8,16-17H,2-4,9-11,15H2,1H3. The molecule has 0 aromatic heterocycles. The Bertz CT molecular complexity index is 534. The van der Waals surface area contributed by atoms with Crippen molar-refractivity contribution in [1.29, 1.82) is 0 Å². The highest BCUT2D eigenvalue weighted by molar-refractivity contribution is 7.89. The molecule has 0 heterocycles. The molecule has 0 bridgehead atoms. The van der Waals surface area contributed by atoms with E-state index in [0.29, 0.717) is 13.1 Å². The van der Waals surface area contributed by atoms with Crippen LogP contribution in [0.1, 0.15) is 32.6 Å². The number of hydrogen-bond acceptors (Lipinski definition) is 4. The summed E-state index contributed by atoms with van der Waals surface area (Å²) in [5.74, 6) is 0. The van der Waals surface area contributed by atoms with Gasteiger partial charge in [-0.25, -0.2) is 13.1 Å². The molecule has 0 amide bonds. The second kappa shape index (κ2) is 6.11. The molecule has 1 aliphatic rings. The van der Waals surface area contributed by atoms with Crippen LogP contribution in [0.15, 0.2) is 29.2 Å². The van der Waals surface area contributed by atoms with E-state index in [1.165, 1.54) is 12.8 Å². The fraction of sp³-hybridized carbons (Fsp3) is 0.571. The summed E-state index contributed by atoms with van der Waals surface area (Å²) < 4.78 is 26.2. The average molecular weight is 297 g/mol. The molecule has 0 unspecified atom stereocenters. The van der Waals surface area contributed by atoms with Crippen LogP contribution in [0, 0.1) is 0 Å². The van der Waals surface area contributed by atoms with Gasteiger partial charge in [0, 0.05) is 24.3 Å². The second-order valence-corrected chi connectivity index (χ2v) is 7.11. The predicted molar refractivity (Wildman–Crippen MR) is 81.2 cm³/mol. The zero-order valence-corrected chi connectivity index (χ0v) is 12.7. The van der Waals surface area contributed by atoms with E-state index in [0.717, 1.165) is 18.5 Å². The lowest BCUT2D eigenvalue weighted by molar-refractivity contribution is 0.493. The van der Waals surface area contributed by atoms with Gasteiger partial charge < -0.3 is 11.1 Å². The van der Waals surface area contributed by atoms with E-state index in [1.807, 2.05) is 0 Å². The molecule has 20 heavy (non-hydrogen) atoms. The van der Waals surface area contributed by atoms with E-state index in [4.69, 9.17) is 5.73 Å². The molecular weight excluding hydrogens is 274 g/mol. The number of hydrogen-bond donors (Lipinski definition) is 3. The summed E-state index contributed by atoms with van der Waals surface area (Å²) in [5, 5.41) is 3.47. The largest absolute Gasteiger partial charge is 0.378 e. The molecule has 5 nitrogen and oxygen atoms in total. The second-order valence-electron chi connectivity index (χ2n) is 5.34. The van der Waals surface area contributed by atoms with E-state index in [2.05, 4.69) is 10.0 Å². The zero-order valence-electron chi connectivity index (χ0n) is 11.9. The SMILES string of the molecule is CCNS(=O)(=O)c1ccc(NC2(CN)CCCC2)cc1. The van der Waals surface area contributed by atoms with Crippen molar-refractivity contribution >= 4 is 15.7 Å². The first kappa shape index (κ1) is 15.3. The minimum absolute atomic E-state index is 0.0257. The first-order valence-corrected chi connectivity index (χ1v) is 8.58. The number of nitrogens with two attached hydrogens (primary N) is 1. The fourth-order valence-corrected chi connectivity index (χ4v) is 3.77. The third-order valence-electron chi connectivity index (χ3n) is 3.86. The topological polar surface area (TPSA) is 84.2 Å². The summed E-state index contributed by atoms with van der Waals surface area (Å²) in [7, 11) is -3.38. The first-order chi connectivity index (χ1) is 9.51. The molecule has 0 saturated heterocycles. The number of anilines is 1. The zero-order chi connectivity index (χ0) is 14.6. The van der Waals surface area contributed by atoms with Gasteiger partial charge in [-0.15, -0.1) is 0 Å². The molecule has 6 heteroatoms. The van der Waals surface area contributed by atoms with E-state index in [-0.39, 0.29) is 10.4 Å². The summed E-state index contributed by atoms with van der Waals surface area (Å²) in [5.41, 5.74) is 6.79. The molecule has 0 aliphatic heterocycles. The van der Waals surface area contributed by atoms with Crippen molar-refractivity contribution in [3.63, 3.8) is 0 Å². The van der Waals surface area contributed by atoms with Crippen molar-refractivity contribution in [2.24, 2.45) is 5.73 Å². The quantitative estimate of drug-likeness (QED) is 0.745. The van der Waals surface area contributed by atoms with Crippen LogP contribution >= 0.6 is 0 Å². The van der Waals surface area contributed by atoms with Gasteiger partial charge in [-0.2, -0.15) is 0 Å². The maximum absolute atomic E-state index is 11.9. The number of rotatable bonds is 6. The fourth-order valence-electron chi connectivity index (χ4n) is 2.73. The average Bonchev–Trinajstić information content (AvgIpc) is 2.88. The summed E-state index contributed by atoms with van der Waals surface area (Å²) in [4.78, 5) is 0.290. The number of nitrogens with one attached hydrogen (secondary N) is 2. The van der Waals surface area contributed by atoms with Gasteiger partial charge in [0.2, 0.25) is 10.0 Å². The van der Waals surface area contributed by atoms with Crippen molar-refractivity contribution < 1.29 is 8.42 Å². The van der Waals surface area contributed by atoms with E-state index < -0.39 is 10.0 Å². The molecule has 1 aromatic carbocycles. The Balaban J connectivity index is 2.12. The Kier molecular flexibility index (Phi) is 4.67. The number of benzene rings is 1. The van der Waals surface area contributed by atoms with Gasteiger partial charge in [0.1, 0.15) is 0 Å². The Hall–Kier alpha value is -1.11. The smallest absolute Gasteiger partial charge is 0.240 e. The van der Waals surface area contributed by atoms with Gasteiger partial charge in [0.05, 0.1) is 4.90 Å². The van der Waals surface area contributed by atoms with Gasteiger partial charge in [-0.3, -0.25) is 0 Å². The highest BCUT2D eigenvalue weighted by Crippen LogP contribution is 2.32. The van der Waals surface area contributed by atoms with Crippen LogP contribution in [0.4, 0.5) is 5.69 Å². The monoisotopic (exact) mass is 297 g/mol. The highest BCUT2D eigenvalue weighted by atomic mass is 32.2. The highest BCUT2D eigenvalue weighted by Gasteiger charge is 2.32. The molecule has 1 aromatic rings. The summed E-state index contributed by atoms with van der Waals surface area (Å²) in [6, 6.07) is 6.86. The summed E-state index contributed by atoms with van der Waals surface area (Å²) in [6.07, 6.45) is 4.52. The van der Waals surface area contributed by atoms with Gasteiger partial charge in [0.25, 0.3) is 0 Å². The van der Waals surface area contributed by atoms with Crippen molar-refractivity contribution in [2.45, 2.75) is 43.0 Å². The van der Waals surface area contributed by atoms with Gasteiger partial charge in [0.15, 0.2) is 0 Å². The molecule has 112 valence electrons. The van der Waals surface area contributed by atoms with Crippen LogP contribution in [0.2, 0.25) is 0 Å². The maximum atomic E-state index is 11.9. The van der Waals surface area contributed by atoms with E-state index in [9.17, 15) is 8.42 Å². The van der Waals surface area contributed by atoms with Crippen LogP contribution in [0.5, 0.6) is 0 Å². The molecule has 4 N–H and O–H groups in total. The van der Waals surface area contributed by atoms with Crippen molar-refractivity contribution in [2.75, 3.05) is 18.4 Å². The van der Waals surface area contributed by atoms with E-state index in [1.54, 1.807) is 31.2 Å². The van der Waals surface area contributed by atoms with Crippen molar-refractivity contribution in [1.82, 2.24) is 4.72 Å². The third-order valence-corrected chi connectivity index (χ3v) is 5.42. The molecule has 1 saturated carbocycles. The van der Waals surface area contributed by atoms with Crippen LogP contribution in [-0.2, 0) is 10.0 Å². The molecule has 2 rings (SSSR count). The van der Waals surface area contributed by atoms with Crippen LogP contribution in [0.25, 0.3) is 0 Å². The van der Waals surface area contributed by atoms with E-state index >= 15 is 0 Å². The predicted octanol–water partition coefficient (Wildman–Crippen LogP) is 1.67. The van der Waals surface area contributed by atoms with Crippen molar-refractivity contribution in [3.8, 4) is 0 Å². The van der Waals surface area contributed by atoms with Crippen LogP contribution < -0.4 is 15.8 Å². The minimum atomic E-state index is -3.38. The lowest BCUT2D eigenvalue weighted by Crippen LogP contribution is -2.42. The Morgan fingerprint density at radius 1 is 1.20 bits per heavy atom. The summed E-state index contributed by atoms with van der Waals surface area (Å²) >= 11 is 0. The Morgan fingerprint density at radius 3 is 2.30 bits per heavy atom. The third kappa shape index (κ3) is 3.31. The molecule has 0 atom stereocenters. The van der Waals surface area contributed by atoms with Gasteiger partial charge in [-0.05, 0) is 37.1 Å². The maximum Gasteiger partial charge on any atom is 0.240 e. The molecule has 0 radical (unpaired) electrons. The lowest BCUT2D eigenvalue weighted by Gasteiger charge is -2.30. The molecular formula is C14H23N3O2S. The first-order valence-electron chi connectivity index (χ1n) is 7.09.